The van der Waals surface area contributed by atoms with Crippen molar-refractivity contribution < 1.29 is 5.11 Å². The summed E-state index contributed by atoms with van der Waals surface area (Å²) >= 11 is 0. The normalized spacial score (nSPS) is 18.2. The smallest absolute Gasteiger partial charge is 0.155 e. The molecule has 1 atom stereocenters. The molecule has 1 N–H and O–H groups in total. The molecular formula is C26H27N5O. The average Bonchev–Trinajstić information content (AvgIpc) is 2.85. The van der Waals surface area contributed by atoms with Gasteiger partial charge in [-0.3, -0.25) is 0 Å². The van der Waals surface area contributed by atoms with E-state index < -0.39 is 0 Å². The molecule has 0 amide bonds. The zero-order valence-corrected chi connectivity index (χ0v) is 18.3. The molecule has 32 heavy (non-hydrogen) atoms. The molecule has 1 fully saturated rings. The summed E-state index contributed by atoms with van der Waals surface area (Å²) in [6.45, 7) is 5.14. The highest BCUT2D eigenvalue weighted by Crippen LogP contribution is 2.37. The van der Waals surface area contributed by atoms with Crippen LogP contribution in [0.15, 0.2) is 48.5 Å². The monoisotopic (exact) mass is 425 g/mol. The maximum atomic E-state index is 10.5. The van der Waals surface area contributed by atoms with E-state index in [4.69, 9.17) is 5.26 Å². The number of nitriles is 1. The SMILES string of the molecule is Cc1c(-c2ccc(C#N)cc2O)nnc2c1CCCN2[C@@H]1CCCN(c2ccccc2)C1. The quantitative estimate of drug-likeness (QED) is 0.668. The van der Waals surface area contributed by atoms with Crippen LogP contribution in [0.3, 0.4) is 0 Å². The minimum absolute atomic E-state index is 0.0693. The molecule has 3 aromatic rings. The van der Waals surface area contributed by atoms with Crippen LogP contribution in [0.1, 0.15) is 36.0 Å². The second kappa shape index (κ2) is 8.51. The highest BCUT2D eigenvalue weighted by Gasteiger charge is 2.31. The Morgan fingerprint density at radius 2 is 1.91 bits per heavy atom. The van der Waals surface area contributed by atoms with E-state index in [1.807, 2.05) is 0 Å². The Balaban J connectivity index is 1.46. The summed E-state index contributed by atoms with van der Waals surface area (Å²) in [5.74, 6) is 1.06. The van der Waals surface area contributed by atoms with Crippen LogP contribution in [-0.2, 0) is 6.42 Å². The molecule has 0 unspecified atom stereocenters. The molecule has 0 aliphatic carbocycles. The fraction of sp³-hybridized carbons (Fsp3) is 0.346. The van der Waals surface area contributed by atoms with Crippen molar-refractivity contribution in [1.29, 1.82) is 5.26 Å². The van der Waals surface area contributed by atoms with Gasteiger partial charge >= 0.3 is 0 Å². The van der Waals surface area contributed by atoms with Crippen LogP contribution >= 0.6 is 0 Å². The lowest BCUT2D eigenvalue weighted by atomic mass is 9.94. The zero-order chi connectivity index (χ0) is 22.1. The van der Waals surface area contributed by atoms with Crippen LogP contribution in [0.5, 0.6) is 5.75 Å². The van der Waals surface area contributed by atoms with Gasteiger partial charge in [-0.2, -0.15) is 5.26 Å². The van der Waals surface area contributed by atoms with Gasteiger partial charge in [-0.15, -0.1) is 10.2 Å². The van der Waals surface area contributed by atoms with E-state index >= 15 is 0 Å². The largest absolute Gasteiger partial charge is 0.507 e. The number of phenolic OH excluding ortho intramolecular Hbond substituents is 1. The van der Waals surface area contributed by atoms with Gasteiger partial charge in [0.1, 0.15) is 5.75 Å². The number of phenols is 1. The molecule has 6 heteroatoms. The number of hydrogen-bond donors (Lipinski definition) is 1. The summed E-state index contributed by atoms with van der Waals surface area (Å²) in [7, 11) is 0. The number of anilines is 2. The molecule has 162 valence electrons. The van der Waals surface area contributed by atoms with Gasteiger partial charge in [0, 0.05) is 42.5 Å². The number of hydrogen-bond acceptors (Lipinski definition) is 6. The van der Waals surface area contributed by atoms with Crippen LogP contribution < -0.4 is 9.80 Å². The average molecular weight is 426 g/mol. The molecule has 1 aromatic heterocycles. The second-order valence-corrected chi connectivity index (χ2v) is 8.69. The van der Waals surface area contributed by atoms with Gasteiger partial charge in [-0.05, 0) is 68.5 Å². The number of nitrogens with zero attached hydrogens (tertiary/aromatic N) is 5. The third kappa shape index (κ3) is 3.64. The molecule has 3 heterocycles. The molecule has 0 radical (unpaired) electrons. The van der Waals surface area contributed by atoms with Crippen molar-refractivity contribution in [2.45, 2.75) is 38.6 Å². The fourth-order valence-electron chi connectivity index (χ4n) is 5.10. The van der Waals surface area contributed by atoms with Gasteiger partial charge < -0.3 is 14.9 Å². The molecule has 2 aliphatic heterocycles. The lowest BCUT2D eigenvalue weighted by Crippen LogP contribution is -2.50. The Kier molecular flexibility index (Phi) is 5.40. The predicted octanol–water partition coefficient (Wildman–Crippen LogP) is 4.45. The molecule has 6 nitrogen and oxygen atoms in total. The Bertz CT molecular complexity index is 1170. The molecule has 2 aliphatic rings. The number of para-hydroxylation sites is 1. The van der Waals surface area contributed by atoms with Gasteiger partial charge in [-0.25, -0.2) is 0 Å². The first kappa shape index (κ1) is 20.3. The molecule has 2 aromatic carbocycles. The van der Waals surface area contributed by atoms with Crippen molar-refractivity contribution in [2.24, 2.45) is 0 Å². The third-order valence-electron chi connectivity index (χ3n) is 6.76. The lowest BCUT2D eigenvalue weighted by molar-refractivity contribution is 0.455. The van der Waals surface area contributed by atoms with Crippen LogP contribution in [0.4, 0.5) is 11.5 Å². The molecule has 1 saturated heterocycles. The van der Waals surface area contributed by atoms with Gasteiger partial charge in [0.25, 0.3) is 0 Å². The van der Waals surface area contributed by atoms with Crippen molar-refractivity contribution >= 4 is 11.5 Å². The number of rotatable bonds is 3. The third-order valence-corrected chi connectivity index (χ3v) is 6.76. The van der Waals surface area contributed by atoms with Crippen molar-refractivity contribution in [2.75, 3.05) is 29.4 Å². The number of piperidine rings is 1. The Labute approximate surface area is 188 Å². The van der Waals surface area contributed by atoms with Crippen LogP contribution in [0.2, 0.25) is 0 Å². The van der Waals surface area contributed by atoms with E-state index in [9.17, 15) is 5.11 Å². The van der Waals surface area contributed by atoms with Crippen LogP contribution in [0, 0.1) is 18.3 Å². The number of aromatic hydroxyl groups is 1. The fourth-order valence-corrected chi connectivity index (χ4v) is 5.10. The summed E-state index contributed by atoms with van der Waals surface area (Å²) in [6.07, 6.45) is 4.36. The van der Waals surface area contributed by atoms with Gasteiger partial charge in [0.05, 0.1) is 17.3 Å². The van der Waals surface area contributed by atoms with Crippen molar-refractivity contribution in [3.63, 3.8) is 0 Å². The maximum Gasteiger partial charge on any atom is 0.155 e. The van der Waals surface area contributed by atoms with Crippen LogP contribution in [-0.4, -0.2) is 41.0 Å². The highest BCUT2D eigenvalue weighted by molar-refractivity contribution is 5.73. The summed E-state index contributed by atoms with van der Waals surface area (Å²) in [5.41, 5.74) is 5.32. The summed E-state index contributed by atoms with van der Waals surface area (Å²) < 4.78 is 0. The Hall–Kier alpha value is -3.59. The first-order valence-electron chi connectivity index (χ1n) is 11.3. The Morgan fingerprint density at radius 1 is 1.06 bits per heavy atom. The van der Waals surface area contributed by atoms with Crippen molar-refractivity contribution in [3.8, 4) is 23.1 Å². The molecule has 0 bridgehead atoms. The minimum Gasteiger partial charge on any atom is -0.507 e. The Morgan fingerprint density at radius 3 is 2.69 bits per heavy atom. The summed E-state index contributed by atoms with van der Waals surface area (Å²) in [6, 6.07) is 18.1. The first-order valence-corrected chi connectivity index (χ1v) is 11.3. The number of fused-ring (bicyclic) bond motifs is 1. The zero-order valence-electron chi connectivity index (χ0n) is 18.3. The van der Waals surface area contributed by atoms with E-state index in [1.54, 1.807) is 12.1 Å². The summed E-state index contributed by atoms with van der Waals surface area (Å²) in [5, 5.41) is 28.8. The highest BCUT2D eigenvalue weighted by atomic mass is 16.3. The lowest BCUT2D eigenvalue weighted by Gasteiger charge is -2.43. The van der Waals surface area contributed by atoms with Crippen molar-refractivity contribution in [3.05, 3.63) is 65.2 Å². The number of aromatic nitrogens is 2. The second-order valence-electron chi connectivity index (χ2n) is 8.69. The molecule has 0 saturated carbocycles. The molecule has 0 spiro atoms. The standard InChI is InChI=1S/C26H27N5O/c1-18-22-10-6-14-31(21-9-5-13-30(17-21)20-7-3-2-4-8-20)26(22)29-28-25(18)23-12-11-19(16-27)15-24(23)32/h2-4,7-8,11-12,15,21,32H,5-6,9-10,13-14,17H2,1H3/t21-/m1/s1. The summed E-state index contributed by atoms with van der Waals surface area (Å²) in [4.78, 5) is 4.93. The molecule has 5 rings (SSSR count). The predicted molar refractivity (Wildman–Crippen MR) is 126 cm³/mol. The van der Waals surface area contributed by atoms with Gasteiger partial charge in [0.15, 0.2) is 5.82 Å². The van der Waals surface area contributed by atoms with Gasteiger partial charge in [-0.1, -0.05) is 18.2 Å². The molecular weight excluding hydrogens is 398 g/mol. The van der Waals surface area contributed by atoms with E-state index in [0.717, 1.165) is 56.7 Å². The maximum absolute atomic E-state index is 10.5. The van der Waals surface area contributed by atoms with Gasteiger partial charge in [0.2, 0.25) is 0 Å². The topological polar surface area (TPSA) is 76.3 Å². The van der Waals surface area contributed by atoms with E-state index in [-0.39, 0.29) is 5.75 Å². The van der Waals surface area contributed by atoms with E-state index in [2.05, 4.69) is 63.3 Å². The first-order chi connectivity index (χ1) is 15.7. The number of benzene rings is 2. The van der Waals surface area contributed by atoms with Crippen LogP contribution in [0.25, 0.3) is 11.3 Å². The minimum atomic E-state index is 0.0693. The van der Waals surface area contributed by atoms with E-state index in [1.165, 1.54) is 17.3 Å². The van der Waals surface area contributed by atoms with Crippen molar-refractivity contribution in [1.82, 2.24) is 10.2 Å². The van der Waals surface area contributed by atoms with E-state index in [0.29, 0.717) is 22.9 Å².